The average molecular weight is 349 g/mol. The highest BCUT2D eigenvalue weighted by Crippen LogP contribution is 2.48. The number of halogens is 1. The fourth-order valence-electron chi connectivity index (χ4n) is 4.80. The molecular weight excluding hydrogens is 324 g/mol. The molecule has 3 aliphatic rings. The Morgan fingerprint density at radius 3 is 2.76 bits per heavy atom. The Hall–Kier alpha value is -0.340. The van der Waals surface area contributed by atoms with Gasteiger partial charge in [-0.2, -0.15) is 0 Å². The van der Waals surface area contributed by atoms with Crippen LogP contribution >= 0.6 is 15.9 Å². The molecule has 0 bridgehead atoms. The van der Waals surface area contributed by atoms with Crippen LogP contribution < -0.4 is 0 Å². The summed E-state index contributed by atoms with van der Waals surface area (Å²) in [5, 5.41) is 0. The predicted octanol–water partition coefficient (Wildman–Crippen LogP) is 5.57. The van der Waals surface area contributed by atoms with Crippen molar-refractivity contribution in [2.24, 2.45) is 5.92 Å². The molecule has 0 radical (unpaired) electrons. The molecule has 0 N–H and O–H groups in total. The zero-order valence-electron chi connectivity index (χ0n) is 12.7. The van der Waals surface area contributed by atoms with Crippen LogP contribution in [0.25, 0.3) is 0 Å². The molecule has 3 unspecified atom stereocenters. The van der Waals surface area contributed by atoms with Crippen molar-refractivity contribution in [2.45, 2.75) is 74.3 Å². The smallest absolute Gasteiger partial charge is 0.0687 e. The molecule has 0 aromatic heterocycles. The lowest BCUT2D eigenvalue weighted by Crippen LogP contribution is -2.27. The van der Waals surface area contributed by atoms with Crippen molar-refractivity contribution >= 4 is 15.9 Å². The zero-order valence-corrected chi connectivity index (χ0v) is 14.3. The zero-order chi connectivity index (χ0) is 14.3. The Morgan fingerprint density at radius 1 is 1.10 bits per heavy atom. The SMILES string of the molecule is BrC1c2ccccc2CCC1CC1CCC2(CCCC2)O1. The van der Waals surface area contributed by atoms with Crippen LogP contribution in [0.4, 0.5) is 0 Å². The Bertz CT molecular complexity index is 506. The van der Waals surface area contributed by atoms with Crippen LogP contribution in [-0.4, -0.2) is 11.7 Å². The molecule has 2 heteroatoms. The summed E-state index contributed by atoms with van der Waals surface area (Å²) >= 11 is 3.98. The predicted molar refractivity (Wildman–Crippen MR) is 89.8 cm³/mol. The molecular formula is C19H25BrO. The van der Waals surface area contributed by atoms with Gasteiger partial charge in [-0.25, -0.2) is 0 Å². The minimum atomic E-state index is 0.291. The first-order valence-electron chi connectivity index (χ1n) is 8.65. The lowest BCUT2D eigenvalue weighted by molar-refractivity contribution is -0.0448. The molecule has 1 spiro atoms. The van der Waals surface area contributed by atoms with Crippen molar-refractivity contribution < 1.29 is 4.74 Å². The van der Waals surface area contributed by atoms with Gasteiger partial charge in [0.1, 0.15) is 0 Å². The number of hydrogen-bond donors (Lipinski definition) is 0. The minimum absolute atomic E-state index is 0.291. The van der Waals surface area contributed by atoms with Gasteiger partial charge in [0.25, 0.3) is 0 Å². The standard InChI is InChI=1S/C19H25BrO/c20-18-15(8-7-14-5-1-2-6-17(14)18)13-16-9-12-19(21-16)10-3-4-11-19/h1-2,5-6,15-16,18H,3-4,7-13H2. The van der Waals surface area contributed by atoms with Crippen molar-refractivity contribution in [1.82, 2.24) is 0 Å². The molecule has 1 saturated heterocycles. The van der Waals surface area contributed by atoms with Crippen molar-refractivity contribution in [3.8, 4) is 0 Å². The highest BCUT2D eigenvalue weighted by Gasteiger charge is 2.43. The number of benzene rings is 1. The molecule has 21 heavy (non-hydrogen) atoms. The molecule has 1 aliphatic heterocycles. The van der Waals surface area contributed by atoms with Gasteiger partial charge in [-0.3, -0.25) is 0 Å². The van der Waals surface area contributed by atoms with E-state index in [1.165, 1.54) is 68.9 Å². The van der Waals surface area contributed by atoms with E-state index >= 15 is 0 Å². The summed E-state index contributed by atoms with van der Waals surface area (Å²) in [6.45, 7) is 0. The van der Waals surface area contributed by atoms with Crippen LogP contribution in [-0.2, 0) is 11.2 Å². The van der Waals surface area contributed by atoms with Gasteiger partial charge in [0.15, 0.2) is 0 Å². The Kier molecular flexibility index (Phi) is 3.87. The van der Waals surface area contributed by atoms with Crippen molar-refractivity contribution in [2.75, 3.05) is 0 Å². The second-order valence-corrected chi connectivity index (χ2v) is 8.29. The molecule has 2 aliphatic carbocycles. The number of fused-ring (bicyclic) bond motifs is 1. The first kappa shape index (κ1) is 14.3. The number of alkyl halides is 1. The van der Waals surface area contributed by atoms with E-state index < -0.39 is 0 Å². The van der Waals surface area contributed by atoms with Crippen molar-refractivity contribution in [3.63, 3.8) is 0 Å². The summed E-state index contributed by atoms with van der Waals surface area (Å²) in [6, 6.07) is 8.94. The fourth-order valence-corrected chi connectivity index (χ4v) is 5.72. The van der Waals surface area contributed by atoms with E-state index in [1.54, 1.807) is 0 Å². The quantitative estimate of drug-likeness (QED) is 0.635. The summed E-state index contributed by atoms with van der Waals surface area (Å²) in [5.74, 6) is 0.737. The third-order valence-electron chi connectivity index (χ3n) is 5.97. The number of aryl methyl sites for hydroxylation is 1. The molecule has 1 aromatic rings. The summed E-state index contributed by atoms with van der Waals surface area (Å²) < 4.78 is 6.53. The van der Waals surface area contributed by atoms with Crippen LogP contribution in [0.2, 0.25) is 0 Å². The second kappa shape index (κ2) is 5.70. The maximum Gasteiger partial charge on any atom is 0.0687 e. The van der Waals surface area contributed by atoms with Gasteiger partial charge in [0.2, 0.25) is 0 Å². The average Bonchev–Trinajstić information content (AvgIpc) is 3.13. The molecule has 114 valence electrons. The van der Waals surface area contributed by atoms with E-state index in [1.807, 2.05) is 0 Å². The minimum Gasteiger partial charge on any atom is -0.372 e. The molecule has 0 amide bonds. The topological polar surface area (TPSA) is 9.23 Å². The lowest BCUT2D eigenvalue weighted by atomic mass is 9.81. The van der Waals surface area contributed by atoms with Gasteiger partial charge in [-0.05, 0) is 62.0 Å². The van der Waals surface area contributed by atoms with Gasteiger partial charge in [-0.15, -0.1) is 0 Å². The largest absolute Gasteiger partial charge is 0.372 e. The number of hydrogen-bond acceptors (Lipinski definition) is 1. The van der Waals surface area contributed by atoms with Crippen molar-refractivity contribution in [3.05, 3.63) is 35.4 Å². The van der Waals surface area contributed by atoms with E-state index in [9.17, 15) is 0 Å². The molecule has 3 atom stereocenters. The Labute approximate surface area is 136 Å². The van der Waals surface area contributed by atoms with Crippen LogP contribution in [0.1, 0.15) is 67.3 Å². The van der Waals surface area contributed by atoms with E-state index in [0.29, 0.717) is 16.5 Å². The molecule has 2 fully saturated rings. The van der Waals surface area contributed by atoms with Gasteiger partial charge < -0.3 is 4.74 Å². The van der Waals surface area contributed by atoms with E-state index in [0.717, 1.165) is 5.92 Å². The second-order valence-electron chi connectivity index (χ2n) is 7.30. The van der Waals surface area contributed by atoms with E-state index in [2.05, 4.69) is 40.2 Å². The molecule has 4 rings (SSSR count). The molecule has 1 aromatic carbocycles. The van der Waals surface area contributed by atoms with Gasteiger partial charge in [-0.1, -0.05) is 53.0 Å². The number of ether oxygens (including phenoxy) is 1. The first-order valence-corrected chi connectivity index (χ1v) is 9.57. The lowest BCUT2D eigenvalue weighted by Gasteiger charge is -2.32. The van der Waals surface area contributed by atoms with Crippen LogP contribution in [0, 0.1) is 5.92 Å². The third kappa shape index (κ3) is 2.70. The van der Waals surface area contributed by atoms with Crippen LogP contribution in [0.3, 0.4) is 0 Å². The maximum absolute atomic E-state index is 6.53. The van der Waals surface area contributed by atoms with E-state index in [-0.39, 0.29) is 0 Å². The first-order chi connectivity index (χ1) is 10.3. The monoisotopic (exact) mass is 348 g/mol. The summed E-state index contributed by atoms with van der Waals surface area (Å²) in [4.78, 5) is 0.520. The summed E-state index contributed by atoms with van der Waals surface area (Å²) in [7, 11) is 0. The summed E-state index contributed by atoms with van der Waals surface area (Å²) in [5.41, 5.74) is 3.34. The molecule has 1 nitrogen and oxygen atoms in total. The van der Waals surface area contributed by atoms with Gasteiger partial charge in [0, 0.05) is 4.83 Å². The van der Waals surface area contributed by atoms with Crippen LogP contribution in [0.15, 0.2) is 24.3 Å². The highest BCUT2D eigenvalue weighted by molar-refractivity contribution is 9.09. The van der Waals surface area contributed by atoms with Gasteiger partial charge in [0.05, 0.1) is 11.7 Å². The Morgan fingerprint density at radius 2 is 1.90 bits per heavy atom. The maximum atomic E-state index is 6.53. The number of rotatable bonds is 2. The highest BCUT2D eigenvalue weighted by atomic mass is 79.9. The Balaban J connectivity index is 1.42. The van der Waals surface area contributed by atoms with E-state index in [4.69, 9.17) is 4.74 Å². The normalized spacial score (nSPS) is 34.2. The third-order valence-corrected chi connectivity index (χ3v) is 7.21. The molecule has 1 saturated carbocycles. The van der Waals surface area contributed by atoms with Crippen LogP contribution in [0.5, 0.6) is 0 Å². The van der Waals surface area contributed by atoms with Gasteiger partial charge >= 0.3 is 0 Å². The summed E-state index contributed by atoms with van der Waals surface area (Å²) in [6.07, 6.45) is 12.3. The molecule has 1 heterocycles. The van der Waals surface area contributed by atoms with Crippen molar-refractivity contribution in [1.29, 1.82) is 0 Å². The fraction of sp³-hybridized carbons (Fsp3) is 0.684.